The molecule has 5 rings (SSSR count). The smallest absolute Gasteiger partial charge is 0.429 e. The predicted molar refractivity (Wildman–Crippen MR) is 138 cm³/mol. The number of hydrogen-bond donors (Lipinski definition) is 0. The molecule has 1 aliphatic rings. The molecule has 0 heterocycles. The Bertz CT molecular complexity index is 1620. The summed E-state index contributed by atoms with van der Waals surface area (Å²) in [5.41, 5.74) is -3.36. The lowest BCUT2D eigenvalue weighted by Crippen LogP contribution is -2.25. The van der Waals surface area contributed by atoms with Crippen molar-refractivity contribution in [1.82, 2.24) is 0 Å². The maximum atomic E-state index is 15.1. The van der Waals surface area contributed by atoms with E-state index in [0.29, 0.717) is 5.92 Å². The van der Waals surface area contributed by atoms with Gasteiger partial charge in [-0.05, 0) is 71.7 Å². The van der Waals surface area contributed by atoms with E-state index in [1.807, 2.05) is 0 Å². The molecule has 0 amide bonds. The van der Waals surface area contributed by atoms with Gasteiger partial charge in [0.05, 0.1) is 5.56 Å². The molecule has 226 valence electrons. The molecule has 0 N–H and O–H groups in total. The van der Waals surface area contributed by atoms with E-state index in [1.165, 1.54) is 12.1 Å². The van der Waals surface area contributed by atoms with E-state index >= 15 is 13.2 Å². The molecule has 11 heteroatoms. The van der Waals surface area contributed by atoms with E-state index in [4.69, 9.17) is 0 Å². The van der Waals surface area contributed by atoms with Crippen LogP contribution in [0.5, 0.6) is 5.75 Å². The molecule has 1 nitrogen and oxygen atoms in total. The summed E-state index contributed by atoms with van der Waals surface area (Å²) in [6, 6.07) is 6.39. The molecule has 4 aromatic carbocycles. The van der Waals surface area contributed by atoms with Crippen LogP contribution in [0.3, 0.4) is 0 Å². The Labute approximate surface area is 239 Å². The molecule has 0 atom stereocenters. The van der Waals surface area contributed by atoms with Gasteiger partial charge in [-0.15, -0.1) is 0 Å². The van der Waals surface area contributed by atoms with E-state index in [2.05, 4.69) is 11.7 Å². The number of ether oxygens (including phenoxy) is 1. The van der Waals surface area contributed by atoms with Crippen LogP contribution >= 0.6 is 0 Å². The van der Waals surface area contributed by atoms with Crippen LogP contribution in [-0.2, 0) is 6.11 Å². The molecule has 1 fully saturated rings. The van der Waals surface area contributed by atoms with Crippen molar-refractivity contribution >= 4 is 0 Å². The molecule has 0 aliphatic heterocycles. The first-order valence-corrected chi connectivity index (χ1v) is 13.2. The topological polar surface area (TPSA) is 9.23 Å². The summed E-state index contributed by atoms with van der Waals surface area (Å²) in [5, 5.41) is 0. The first-order chi connectivity index (χ1) is 20.2. The third-order valence-corrected chi connectivity index (χ3v) is 7.66. The molecule has 1 saturated carbocycles. The highest BCUT2D eigenvalue weighted by Crippen LogP contribution is 2.40. The highest BCUT2D eigenvalue weighted by Gasteiger charge is 2.42. The number of benzene rings is 4. The van der Waals surface area contributed by atoms with Crippen molar-refractivity contribution in [3.8, 4) is 28.0 Å². The van der Waals surface area contributed by atoms with E-state index < -0.39 is 75.1 Å². The van der Waals surface area contributed by atoms with Crippen molar-refractivity contribution in [2.24, 2.45) is 5.92 Å². The van der Waals surface area contributed by atoms with Crippen LogP contribution in [0.15, 0.2) is 54.6 Å². The van der Waals surface area contributed by atoms with Crippen LogP contribution in [0.1, 0.15) is 49.7 Å². The summed E-state index contributed by atoms with van der Waals surface area (Å²) in [4.78, 5) is 0. The van der Waals surface area contributed by atoms with Gasteiger partial charge in [-0.1, -0.05) is 31.9 Å². The quantitative estimate of drug-likeness (QED) is 0.156. The van der Waals surface area contributed by atoms with Crippen molar-refractivity contribution < 1.29 is 48.6 Å². The lowest BCUT2D eigenvalue weighted by atomic mass is 9.79. The number of alkyl halides is 2. The summed E-state index contributed by atoms with van der Waals surface area (Å²) in [7, 11) is 0. The summed E-state index contributed by atoms with van der Waals surface area (Å²) in [6.45, 7) is 2.15. The molecule has 0 saturated heterocycles. The van der Waals surface area contributed by atoms with Crippen molar-refractivity contribution in [3.05, 3.63) is 112 Å². The van der Waals surface area contributed by atoms with Crippen LogP contribution in [-0.4, -0.2) is 0 Å². The van der Waals surface area contributed by atoms with Crippen LogP contribution in [0.25, 0.3) is 22.3 Å². The highest BCUT2D eigenvalue weighted by atomic mass is 19.3. The van der Waals surface area contributed by atoms with Gasteiger partial charge in [0.1, 0.15) is 40.4 Å². The van der Waals surface area contributed by atoms with Gasteiger partial charge in [0.25, 0.3) is 0 Å². The zero-order chi connectivity index (χ0) is 31.2. The molecule has 0 aromatic heterocycles. The standard InChI is InChI=1S/C32H22F10O/c1-15-2-4-16(5-3-15)17-6-7-21(22(33)8-17)18-9-23(34)29(24(35)10-18)19-11-25(36)30(26(37)12-19)32(41,42)43-20-13-27(38)31(40)28(39)14-20/h6-16H,2-5H2,1H3. The van der Waals surface area contributed by atoms with E-state index in [1.54, 1.807) is 6.07 Å². The van der Waals surface area contributed by atoms with Gasteiger partial charge in [-0.3, -0.25) is 0 Å². The first-order valence-electron chi connectivity index (χ1n) is 13.2. The number of rotatable bonds is 6. The molecule has 43 heavy (non-hydrogen) atoms. The minimum Gasteiger partial charge on any atom is -0.429 e. The van der Waals surface area contributed by atoms with Crippen molar-refractivity contribution in [1.29, 1.82) is 0 Å². The average Bonchev–Trinajstić information content (AvgIpc) is 2.91. The zero-order valence-electron chi connectivity index (χ0n) is 22.4. The SMILES string of the molecule is CC1CCC(c2ccc(-c3cc(F)c(-c4cc(F)c(C(F)(F)Oc5cc(F)c(F)c(F)c5)c(F)c4)c(F)c3)c(F)c2)CC1. The Balaban J connectivity index is 1.44. The lowest BCUT2D eigenvalue weighted by molar-refractivity contribution is -0.189. The normalized spacial score (nSPS) is 17.3. The summed E-state index contributed by atoms with van der Waals surface area (Å²) >= 11 is 0. The van der Waals surface area contributed by atoms with Gasteiger partial charge in [0.2, 0.25) is 0 Å². The molecule has 0 radical (unpaired) electrons. The average molecular weight is 613 g/mol. The monoisotopic (exact) mass is 612 g/mol. The summed E-state index contributed by atoms with van der Waals surface area (Å²) in [5.74, 6) is -13.8. The van der Waals surface area contributed by atoms with Crippen LogP contribution in [0.2, 0.25) is 0 Å². The highest BCUT2D eigenvalue weighted by molar-refractivity contribution is 5.72. The fraction of sp³-hybridized carbons (Fsp3) is 0.250. The van der Waals surface area contributed by atoms with Crippen LogP contribution in [0.4, 0.5) is 43.9 Å². The Hall–Kier alpha value is -4.02. The van der Waals surface area contributed by atoms with Gasteiger partial charge >= 0.3 is 6.11 Å². The minimum atomic E-state index is -4.89. The second-order valence-corrected chi connectivity index (χ2v) is 10.6. The van der Waals surface area contributed by atoms with Gasteiger partial charge in [0, 0.05) is 17.7 Å². The van der Waals surface area contributed by atoms with Crippen LogP contribution in [0, 0.1) is 52.5 Å². The van der Waals surface area contributed by atoms with E-state index in [9.17, 15) is 30.7 Å². The largest absolute Gasteiger partial charge is 0.432 e. The molecule has 4 aromatic rings. The van der Waals surface area contributed by atoms with Crippen molar-refractivity contribution in [2.45, 2.75) is 44.6 Å². The lowest BCUT2D eigenvalue weighted by Gasteiger charge is -2.26. The number of halogens is 10. The zero-order valence-corrected chi connectivity index (χ0v) is 22.4. The Kier molecular flexibility index (Phi) is 8.20. The second-order valence-electron chi connectivity index (χ2n) is 10.6. The maximum Gasteiger partial charge on any atom is 0.432 e. The molecule has 0 spiro atoms. The summed E-state index contributed by atoms with van der Waals surface area (Å²) in [6.07, 6.45) is -1.08. The first kappa shape index (κ1) is 30.4. The minimum absolute atomic E-state index is 0.0373. The third kappa shape index (κ3) is 6.07. The Morgan fingerprint density at radius 2 is 1.14 bits per heavy atom. The van der Waals surface area contributed by atoms with Gasteiger partial charge in [-0.25, -0.2) is 35.1 Å². The predicted octanol–water partition coefficient (Wildman–Crippen LogP) is 10.6. The van der Waals surface area contributed by atoms with Crippen molar-refractivity contribution in [2.75, 3.05) is 0 Å². The fourth-order valence-electron chi connectivity index (χ4n) is 5.40. The van der Waals surface area contributed by atoms with Gasteiger partial charge in [-0.2, -0.15) is 8.78 Å². The van der Waals surface area contributed by atoms with E-state index in [-0.39, 0.29) is 41.3 Å². The van der Waals surface area contributed by atoms with Gasteiger partial charge < -0.3 is 4.74 Å². The van der Waals surface area contributed by atoms with Gasteiger partial charge in [0.15, 0.2) is 17.5 Å². The number of hydrogen-bond acceptors (Lipinski definition) is 1. The van der Waals surface area contributed by atoms with Crippen molar-refractivity contribution in [3.63, 3.8) is 0 Å². The molecule has 1 aliphatic carbocycles. The second kappa shape index (κ2) is 11.6. The molecular formula is C32H22F10O. The Morgan fingerprint density at radius 3 is 1.67 bits per heavy atom. The molecule has 0 unspecified atom stereocenters. The fourth-order valence-corrected chi connectivity index (χ4v) is 5.40. The molecule has 0 bridgehead atoms. The Morgan fingerprint density at radius 1 is 0.605 bits per heavy atom. The summed E-state index contributed by atoms with van der Waals surface area (Å²) < 4.78 is 148. The van der Waals surface area contributed by atoms with E-state index in [0.717, 1.165) is 43.4 Å². The van der Waals surface area contributed by atoms with Crippen LogP contribution < -0.4 is 4.74 Å². The molecular weight excluding hydrogens is 590 g/mol. The maximum absolute atomic E-state index is 15.1. The third-order valence-electron chi connectivity index (χ3n) is 7.66.